The molecule has 0 saturated heterocycles. The summed E-state index contributed by atoms with van der Waals surface area (Å²) in [5.74, 6) is 0. The van der Waals surface area contributed by atoms with Crippen LogP contribution in [0.3, 0.4) is 0 Å². The third kappa shape index (κ3) is 2.69. The summed E-state index contributed by atoms with van der Waals surface area (Å²) in [6.45, 7) is 14.6. The molecule has 1 amide bonds. The standard InChI is InChI=1S/C16H22N2O2/c1-7-12-10(2)13-8-18(9-14(13)17-11(12)3)15(19)20-16(4,5)6/h7H,1,8-9H2,2-6H3. The van der Waals surface area contributed by atoms with Crippen molar-refractivity contribution in [2.24, 2.45) is 0 Å². The molecular formula is C16H22N2O2. The molecule has 1 aromatic rings. The third-order valence-corrected chi connectivity index (χ3v) is 3.44. The number of hydrogen-bond donors (Lipinski definition) is 0. The van der Waals surface area contributed by atoms with Crippen molar-refractivity contribution in [3.63, 3.8) is 0 Å². The first kappa shape index (κ1) is 14.6. The molecule has 20 heavy (non-hydrogen) atoms. The summed E-state index contributed by atoms with van der Waals surface area (Å²) < 4.78 is 5.42. The van der Waals surface area contributed by atoms with Crippen molar-refractivity contribution in [1.82, 2.24) is 9.88 Å². The van der Waals surface area contributed by atoms with Crippen molar-refractivity contribution in [1.29, 1.82) is 0 Å². The van der Waals surface area contributed by atoms with Crippen molar-refractivity contribution in [2.75, 3.05) is 0 Å². The second kappa shape index (κ2) is 4.93. The molecule has 0 fully saturated rings. The second-order valence-electron chi connectivity index (χ2n) is 6.20. The van der Waals surface area contributed by atoms with Gasteiger partial charge in [-0.05, 0) is 51.3 Å². The quantitative estimate of drug-likeness (QED) is 0.786. The van der Waals surface area contributed by atoms with Gasteiger partial charge in [0, 0.05) is 5.69 Å². The summed E-state index contributed by atoms with van der Waals surface area (Å²) in [7, 11) is 0. The zero-order valence-corrected chi connectivity index (χ0v) is 12.9. The van der Waals surface area contributed by atoms with E-state index in [4.69, 9.17) is 4.74 Å². The smallest absolute Gasteiger partial charge is 0.410 e. The molecule has 0 radical (unpaired) electrons. The number of carbonyl (C=O) groups is 1. The number of nitrogens with zero attached hydrogens (tertiary/aromatic N) is 2. The monoisotopic (exact) mass is 274 g/mol. The Labute approximate surface area is 120 Å². The number of hydrogen-bond acceptors (Lipinski definition) is 3. The Bertz CT molecular complexity index is 571. The maximum Gasteiger partial charge on any atom is 0.410 e. The number of aromatic nitrogens is 1. The van der Waals surface area contributed by atoms with E-state index in [0.717, 1.165) is 28.1 Å². The highest BCUT2D eigenvalue weighted by Gasteiger charge is 2.30. The minimum Gasteiger partial charge on any atom is -0.444 e. The summed E-state index contributed by atoms with van der Waals surface area (Å²) in [6.07, 6.45) is 1.54. The minimum absolute atomic E-state index is 0.285. The van der Waals surface area contributed by atoms with Gasteiger partial charge in [-0.25, -0.2) is 4.79 Å². The van der Waals surface area contributed by atoms with Crippen molar-refractivity contribution in [3.8, 4) is 0 Å². The molecule has 0 atom stereocenters. The maximum absolute atomic E-state index is 12.1. The lowest BCUT2D eigenvalue weighted by Gasteiger charge is -2.24. The van der Waals surface area contributed by atoms with E-state index in [-0.39, 0.29) is 6.09 Å². The van der Waals surface area contributed by atoms with Gasteiger partial charge in [-0.2, -0.15) is 0 Å². The molecule has 1 aliphatic rings. The number of ether oxygens (including phenoxy) is 1. The number of pyridine rings is 1. The normalized spacial score (nSPS) is 14.2. The molecule has 4 nitrogen and oxygen atoms in total. The molecule has 0 saturated carbocycles. The lowest BCUT2D eigenvalue weighted by molar-refractivity contribution is 0.0240. The number of carbonyl (C=O) groups excluding carboxylic acids is 1. The summed E-state index contributed by atoms with van der Waals surface area (Å²) in [4.78, 5) is 18.4. The van der Waals surface area contributed by atoms with Gasteiger partial charge in [0.15, 0.2) is 0 Å². The number of aryl methyl sites for hydroxylation is 1. The lowest BCUT2D eigenvalue weighted by Crippen LogP contribution is -2.33. The van der Waals surface area contributed by atoms with Crippen LogP contribution in [0.25, 0.3) is 6.08 Å². The van der Waals surface area contributed by atoms with Gasteiger partial charge in [0.2, 0.25) is 0 Å². The minimum atomic E-state index is -0.476. The van der Waals surface area contributed by atoms with Crippen LogP contribution in [0.15, 0.2) is 6.58 Å². The maximum atomic E-state index is 12.1. The molecule has 2 heterocycles. The van der Waals surface area contributed by atoms with Gasteiger partial charge in [0.1, 0.15) is 5.60 Å². The van der Waals surface area contributed by atoms with E-state index in [1.165, 1.54) is 0 Å². The van der Waals surface area contributed by atoms with Crippen LogP contribution in [0.1, 0.15) is 48.8 Å². The van der Waals surface area contributed by atoms with E-state index in [9.17, 15) is 4.79 Å². The largest absolute Gasteiger partial charge is 0.444 e. The van der Waals surface area contributed by atoms with E-state index >= 15 is 0 Å². The van der Waals surface area contributed by atoms with Gasteiger partial charge in [-0.15, -0.1) is 0 Å². The molecule has 0 aliphatic carbocycles. The number of amides is 1. The van der Waals surface area contributed by atoms with Crippen LogP contribution in [0, 0.1) is 13.8 Å². The first-order valence-electron chi connectivity index (χ1n) is 6.82. The van der Waals surface area contributed by atoms with Crippen LogP contribution >= 0.6 is 0 Å². The van der Waals surface area contributed by atoms with E-state index in [0.29, 0.717) is 13.1 Å². The average molecular weight is 274 g/mol. The molecule has 0 N–H and O–H groups in total. The molecular weight excluding hydrogens is 252 g/mol. The zero-order chi connectivity index (χ0) is 15.1. The average Bonchev–Trinajstić information content (AvgIpc) is 2.71. The van der Waals surface area contributed by atoms with E-state index in [1.54, 1.807) is 4.90 Å². The lowest BCUT2D eigenvalue weighted by atomic mass is 10.0. The van der Waals surface area contributed by atoms with Gasteiger partial charge in [-0.1, -0.05) is 12.7 Å². The van der Waals surface area contributed by atoms with Crippen LogP contribution in [-0.2, 0) is 17.8 Å². The molecule has 0 aromatic carbocycles. The Hall–Kier alpha value is -1.84. The van der Waals surface area contributed by atoms with E-state index < -0.39 is 5.60 Å². The molecule has 1 aliphatic heterocycles. The van der Waals surface area contributed by atoms with E-state index in [2.05, 4.69) is 18.5 Å². The predicted octanol–water partition coefficient (Wildman–Crippen LogP) is 3.59. The van der Waals surface area contributed by atoms with Gasteiger partial charge >= 0.3 is 6.09 Å². The van der Waals surface area contributed by atoms with Gasteiger partial charge in [-0.3, -0.25) is 9.88 Å². The van der Waals surface area contributed by atoms with E-state index in [1.807, 2.05) is 33.8 Å². The van der Waals surface area contributed by atoms with Crippen molar-refractivity contribution < 1.29 is 9.53 Å². The zero-order valence-electron chi connectivity index (χ0n) is 12.9. The molecule has 0 spiro atoms. The summed E-state index contributed by atoms with van der Waals surface area (Å²) in [5.41, 5.74) is 4.80. The fourth-order valence-electron chi connectivity index (χ4n) is 2.51. The number of fused-ring (bicyclic) bond motifs is 1. The molecule has 2 rings (SSSR count). The second-order valence-corrected chi connectivity index (χ2v) is 6.20. The summed E-state index contributed by atoms with van der Waals surface area (Å²) >= 11 is 0. The van der Waals surface area contributed by atoms with Crippen LogP contribution in [-0.4, -0.2) is 21.6 Å². The van der Waals surface area contributed by atoms with Crippen LogP contribution in [0.2, 0.25) is 0 Å². The Morgan fingerprint density at radius 1 is 1.35 bits per heavy atom. The predicted molar refractivity (Wildman–Crippen MR) is 79.3 cm³/mol. The Balaban J connectivity index is 2.26. The fraction of sp³-hybridized carbons (Fsp3) is 0.500. The van der Waals surface area contributed by atoms with Gasteiger partial charge in [0.05, 0.1) is 18.8 Å². The van der Waals surface area contributed by atoms with Crippen LogP contribution < -0.4 is 0 Å². The van der Waals surface area contributed by atoms with Crippen molar-refractivity contribution >= 4 is 12.2 Å². The highest BCUT2D eigenvalue weighted by Crippen LogP contribution is 2.29. The van der Waals surface area contributed by atoms with Crippen LogP contribution in [0.5, 0.6) is 0 Å². The van der Waals surface area contributed by atoms with Gasteiger partial charge in [0.25, 0.3) is 0 Å². The van der Waals surface area contributed by atoms with Crippen molar-refractivity contribution in [2.45, 2.75) is 53.3 Å². The van der Waals surface area contributed by atoms with Crippen LogP contribution in [0.4, 0.5) is 4.79 Å². The van der Waals surface area contributed by atoms with Gasteiger partial charge < -0.3 is 4.74 Å². The molecule has 0 bridgehead atoms. The molecule has 108 valence electrons. The third-order valence-electron chi connectivity index (χ3n) is 3.44. The first-order chi connectivity index (χ1) is 9.23. The highest BCUT2D eigenvalue weighted by atomic mass is 16.6. The number of rotatable bonds is 1. The summed E-state index contributed by atoms with van der Waals surface area (Å²) in [6, 6.07) is 0. The highest BCUT2D eigenvalue weighted by molar-refractivity contribution is 5.70. The summed E-state index contributed by atoms with van der Waals surface area (Å²) in [5, 5.41) is 0. The Kier molecular flexibility index (Phi) is 3.59. The SMILES string of the molecule is C=Cc1c(C)nc2c(c1C)CN(C(=O)OC(C)(C)C)C2. The Morgan fingerprint density at radius 2 is 2.00 bits per heavy atom. The molecule has 0 unspecified atom stereocenters. The fourth-order valence-corrected chi connectivity index (χ4v) is 2.51. The van der Waals surface area contributed by atoms with Crippen molar-refractivity contribution in [3.05, 3.63) is 34.7 Å². The molecule has 1 aromatic heterocycles. The Morgan fingerprint density at radius 3 is 2.55 bits per heavy atom. The first-order valence-corrected chi connectivity index (χ1v) is 6.82. The molecule has 4 heteroatoms. The topological polar surface area (TPSA) is 42.4 Å².